The molecule has 0 bridgehead atoms. The third-order valence-corrected chi connectivity index (χ3v) is 9.97. The lowest BCUT2D eigenvalue weighted by Gasteiger charge is -2.55. The van der Waals surface area contributed by atoms with Crippen molar-refractivity contribution in [2.24, 2.45) is 0 Å². The van der Waals surface area contributed by atoms with Gasteiger partial charge in [-0.1, -0.05) is 24.3 Å². The van der Waals surface area contributed by atoms with Gasteiger partial charge < -0.3 is 19.9 Å². The minimum atomic E-state index is -4.85. The second kappa shape index (κ2) is 11.7. The largest absolute Gasteiger partial charge is 0.414 e. The maximum atomic E-state index is 15.7. The van der Waals surface area contributed by atoms with Crippen LogP contribution in [-0.4, -0.2) is 93.9 Å². The Bertz CT molecular complexity index is 1750. The molecule has 1 spiro atoms. The molecule has 1 N–H and O–H groups in total. The average molecular weight is 673 g/mol. The van der Waals surface area contributed by atoms with Gasteiger partial charge in [-0.2, -0.15) is 18.3 Å². The standard InChI is InChI=1S/C33H33F5N6O4/c1-41-18-31(19-41,33(36,37)38)43(15-20-2-5-23(34)6-3-20)28(45)17-42-29(46)32(40-30(42)47)13-27(35)25-12-21(4-7-26(25)32)22-14-39-44(16-22)24-8-10-48-11-9-24/h2-7,12,14,16,24,27H,8-11,13,15,17-19H2,1H3,(H,40,47)/t27-,32+/m1/s1. The molecular formula is C33H33F5N6O4. The number of likely N-dealkylation sites (tertiary alicyclic amines) is 1. The number of hydrogen-bond donors (Lipinski definition) is 1. The summed E-state index contributed by atoms with van der Waals surface area (Å²) in [6.45, 7) is -1.31. The van der Waals surface area contributed by atoms with Crippen LogP contribution in [0.25, 0.3) is 11.1 Å². The highest BCUT2D eigenvalue weighted by Gasteiger charge is 2.66. The molecule has 1 aromatic heterocycles. The van der Waals surface area contributed by atoms with Crippen LogP contribution in [0.15, 0.2) is 54.9 Å². The molecule has 15 heteroatoms. The summed E-state index contributed by atoms with van der Waals surface area (Å²) in [6.07, 6.45) is -1.73. The maximum Gasteiger partial charge on any atom is 0.414 e. The monoisotopic (exact) mass is 672 g/mol. The van der Waals surface area contributed by atoms with Gasteiger partial charge in [-0.15, -0.1) is 0 Å². The molecule has 0 radical (unpaired) electrons. The summed E-state index contributed by atoms with van der Waals surface area (Å²) in [5.41, 5.74) is -2.36. The van der Waals surface area contributed by atoms with Gasteiger partial charge in [0.1, 0.15) is 24.1 Å². The summed E-state index contributed by atoms with van der Waals surface area (Å²) in [7, 11) is 1.47. The van der Waals surface area contributed by atoms with Crippen LogP contribution in [-0.2, 0) is 26.4 Å². The van der Waals surface area contributed by atoms with Crippen LogP contribution in [0.2, 0.25) is 0 Å². The van der Waals surface area contributed by atoms with E-state index in [9.17, 15) is 31.9 Å². The van der Waals surface area contributed by atoms with Gasteiger partial charge in [0.15, 0.2) is 5.54 Å². The second-order valence-electron chi connectivity index (χ2n) is 13.1. The number of likely N-dealkylation sites (N-methyl/N-ethyl adjacent to an activating group) is 1. The minimum Gasteiger partial charge on any atom is -0.381 e. The summed E-state index contributed by atoms with van der Waals surface area (Å²) in [5, 5.41) is 7.03. The Morgan fingerprint density at radius 3 is 2.46 bits per heavy atom. The molecule has 7 rings (SSSR count). The van der Waals surface area contributed by atoms with Gasteiger partial charge in [0.25, 0.3) is 5.91 Å². The zero-order valence-corrected chi connectivity index (χ0v) is 26.0. The fourth-order valence-electron chi connectivity index (χ4n) is 7.43. The number of carbonyl (C=O) groups excluding carboxylic acids is 3. The van der Waals surface area contributed by atoms with Crippen molar-refractivity contribution in [1.29, 1.82) is 0 Å². The summed E-state index contributed by atoms with van der Waals surface area (Å²) in [4.78, 5) is 43.5. The van der Waals surface area contributed by atoms with Crippen molar-refractivity contribution in [2.45, 2.75) is 55.3 Å². The number of nitrogens with one attached hydrogen (secondary N) is 1. The van der Waals surface area contributed by atoms with E-state index in [-0.39, 0.29) is 22.7 Å². The molecular weight excluding hydrogens is 639 g/mol. The van der Waals surface area contributed by atoms with Crippen LogP contribution in [0.4, 0.5) is 26.7 Å². The lowest BCUT2D eigenvalue weighted by Crippen LogP contribution is -2.77. The molecule has 2 aromatic carbocycles. The van der Waals surface area contributed by atoms with Gasteiger partial charge in [0.05, 0.1) is 12.2 Å². The first-order valence-electron chi connectivity index (χ1n) is 15.7. The number of hydrogen-bond acceptors (Lipinski definition) is 6. The lowest BCUT2D eigenvalue weighted by atomic mass is 9.86. The zero-order chi connectivity index (χ0) is 34.0. The molecule has 10 nitrogen and oxygen atoms in total. The molecule has 0 saturated carbocycles. The topological polar surface area (TPSA) is 100 Å². The van der Waals surface area contributed by atoms with Gasteiger partial charge in [-0.05, 0) is 60.3 Å². The minimum absolute atomic E-state index is 0.182. The highest BCUT2D eigenvalue weighted by atomic mass is 19.4. The number of nitrogens with zero attached hydrogens (tertiary/aromatic N) is 5. The number of benzene rings is 2. The van der Waals surface area contributed by atoms with E-state index in [0.29, 0.717) is 28.6 Å². The Morgan fingerprint density at radius 2 is 1.79 bits per heavy atom. The van der Waals surface area contributed by atoms with E-state index in [0.717, 1.165) is 30.5 Å². The molecule has 3 saturated heterocycles. The first-order chi connectivity index (χ1) is 22.8. The van der Waals surface area contributed by atoms with E-state index in [4.69, 9.17) is 4.74 Å². The van der Waals surface area contributed by atoms with Crippen molar-refractivity contribution in [3.05, 3.63) is 77.4 Å². The Balaban J connectivity index is 1.15. The van der Waals surface area contributed by atoms with E-state index in [1.807, 2.05) is 10.9 Å². The van der Waals surface area contributed by atoms with E-state index in [1.165, 1.54) is 24.1 Å². The summed E-state index contributed by atoms with van der Waals surface area (Å²) in [5.74, 6) is -2.65. The molecule has 3 fully saturated rings. The molecule has 4 amide bonds. The number of ether oxygens (including phenoxy) is 1. The molecule has 1 aliphatic carbocycles. The fraction of sp³-hybridized carbons (Fsp3) is 0.455. The molecule has 3 aliphatic heterocycles. The zero-order valence-electron chi connectivity index (χ0n) is 26.0. The normalized spacial score (nSPS) is 24.1. The number of halogens is 5. The second-order valence-corrected chi connectivity index (χ2v) is 13.1. The molecule has 254 valence electrons. The fourth-order valence-corrected chi connectivity index (χ4v) is 7.43. The van der Waals surface area contributed by atoms with E-state index >= 15 is 4.39 Å². The van der Waals surface area contributed by atoms with Crippen molar-refractivity contribution >= 4 is 17.8 Å². The Kier molecular flexibility index (Phi) is 7.81. The summed E-state index contributed by atoms with van der Waals surface area (Å²) in [6, 6.07) is 8.72. The van der Waals surface area contributed by atoms with E-state index < -0.39 is 79.7 Å². The Hall–Kier alpha value is -4.37. The lowest BCUT2D eigenvalue weighted by molar-refractivity contribution is -0.268. The number of rotatable bonds is 7. The third-order valence-electron chi connectivity index (χ3n) is 9.97. The van der Waals surface area contributed by atoms with Crippen molar-refractivity contribution in [2.75, 3.05) is 39.9 Å². The Labute approximate surface area is 272 Å². The van der Waals surface area contributed by atoms with Crippen molar-refractivity contribution in [1.82, 2.24) is 29.8 Å². The van der Waals surface area contributed by atoms with Gasteiger partial charge in [0.2, 0.25) is 5.91 Å². The van der Waals surface area contributed by atoms with E-state index in [1.54, 1.807) is 24.4 Å². The highest BCUT2D eigenvalue weighted by Crippen LogP contribution is 2.50. The summed E-state index contributed by atoms with van der Waals surface area (Å²) < 4.78 is 80.3. The quantitative estimate of drug-likeness (QED) is 0.294. The van der Waals surface area contributed by atoms with Crippen molar-refractivity contribution < 1.29 is 41.1 Å². The molecule has 4 heterocycles. The third kappa shape index (κ3) is 5.23. The number of fused-ring (bicyclic) bond motifs is 2. The Morgan fingerprint density at radius 1 is 1.08 bits per heavy atom. The highest BCUT2D eigenvalue weighted by molar-refractivity contribution is 6.10. The number of aromatic nitrogens is 2. The van der Waals surface area contributed by atoms with Crippen LogP contribution >= 0.6 is 0 Å². The van der Waals surface area contributed by atoms with Crippen LogP contribution < -0.4 is 5.32 Å². The number of carbonyl (C=O) groups is 3. The van der Waals surface area contributed by atoms with Crippen LogP contribution in [0, 0.1) is 5.82 Å². The predicted octanol–water partition coefficient (Wildman–Crippen LogP) is 4.48. The van der Waals surface area contributed by atoms with Crippen molar-refractivity contribution in [3.8, 4) is 11.1 Å². The summed E-state index contributed by atoms with van der Waals surface area (Å²) >= 11 is 0. The molecule has 2 atom stereocenters. The first-order valence-corrected chi connectivity index (χ1v) is 15.7. The molecule has 0 unspecified atom stereocenters. The van der Waals surface area contributed by atoms with Gasteiger partial charge in [-0.25, -0.2) is 13.6 Å². The molecule has 48 heavy (non-hydrogen) atoms. The average Bonchev–Trinajstić information content (AvgIpc) is 3.71. The van der Waals surface area contributed by atoms with Gasteiger partial charge in [-0.3, -0.25) is 19.2 Å². The smallest absolute Gasteiger partial charge is 0.381 e. The maximum absolute atomic E-state index is 15.7. The first kappa shape index (κ1) is 32.2. The van der Waals surface area contributed by atoms with Crippen molar-refractivity contribution in [3.63, 3.8) is 0 Å². The predicted molar refractivity (Wildman–Crippen MR) is 160 cm³/mol. The van der Waals surface area contributed by atoms with E-state index in [2.05, 4.69) is 10.4 Å². The van der Waals surface area contributed by atoms with Crippen LogP contribution in [0.5, 0.6) is 0 Å². The SMILES string of the molecule is CN1CC(N(Cc2ccc(F)cc2)C(=O)CN2C(=O)N[C@]3(C[C@@H](F)c4cc(-c5cnn(C6CCOCC6)c5)ccc43)C2=O)(C(F)(F)F)C1. The van der Waals surface area contributed by atoms with Gasteiger partial charge >= 0.3 is 12.2 Å². The van der Waals surface area contributed by atoms with Gasteiger partial charge in [0, 0.05) is 51.0 Å². The number of amides is 4. The molecule has 3 aromatic rings. The molecule has 4 aliphatic rings. The number of alkyl halides is 4. The van der Waals surface area contributed by atoms with Crippen LogP contribution in [0.3, 0.4) is 0 Å². The van der Waals surface area contributed by atoms with Crippen LogP contribution in [0.1, 0.15) is 48.2 Å². The number of imide groups is 1. The number of urea groups is 1.